The number of carbonyl (C=O) groups excluding carboxylic acids is 1. The summed E-state index contributed by atoms with van der Waals surface area (Å²) >= 11 is 0. The number of aromatic nitrogens is 1. The number of ether oxygens (including phenoxy) is 2. The molecule has 5 rings (SSSR count). The van der Waals surface area contributed by atoms with Crippen LogP contribution in [0.5, 0.6) is 11.5 Å². The molecule has 28 heavy (non-hydrogen) atoms. The Balaban J connectivity index is 1.24. The molecule has 0 atom stereocenters. The van der Waals surface area contributed by atoms with E-state index in [9.17, 15) is 9.18 Å². The molecule has 2 aliphatic rings. The first-order valence-electron chi connectivity index (χ1n) is 9.34. The normalized spacial score (nSPS) is 16.7. The summed E-state index contributed by atoms with van der Waals surface area (Å²) in [5.74, 6) is 1.18. The third kappa shape index (κ3) is 3.07. The van der Waals surface area contributed by atoms with Gasteiger partial charge in [-0.05, 0) is 35.9 Å². The first kappa shape index (κ1) is 17.1. The molecule has 0 unspecified atom stereocenters. The number of carbonyl (C=O) groups is 1. The van der Waals surface area contributed by atoms with Crippen molar-refractivity contribution in [2.45, 2.75) is 6.54 Å². The van der Waals surface area contributed by atoms with Crippen LogP contribution in [-0.4, -0.2) is 53.7 Å². The molecule has 1 amide bonds. The predicted octanol–water partition coefficient (Wildman–Crippen LogP) is 2.99. The minimum absolute atomic E-state index is 0.0559. The number of H-pyrrole nitrogens is 1. The van der Waals surface area contributed by atoms with Gasteiger partial charge in [0.05, 0.1) is 5.56 Å². The number of halogens is 1. The number of rotatable bonds is 3. The summed E-state index contributed by atoms with van der Waals surface area (Å²) in [4.78, 5) is 20.1. The molecule has 1 saturated heterocycles. The SMILES string of the molecule is O=C(c1c[nH]c2ccc(F)cc12)N1CCN(Cc2ccc3c(c2)OCO3)CC1. The zero-order valence-corrected chi connectivity index (χ0v) is 15.3. The molecule has 0 radical (unpaired) electrons. The third-order valence-electron chi connectivity index (χ3n) is 5.38. The van der Waals surface area contributed by atoms with Crippen LogP contribution in [0.4, 0.5) is 4.39 Å². The lowest BCUT2D eigenvalue weighted by Crippen LogP contribution is -2.48. The fraction of sp³-hybridized carbons (Fsp3) is 0.286. The van der Waals surface area contributed by atoms with Crippen molar-refractivity contribution in [3.05, 3.63) is 59.5 Å². The highest BCUT2D eigenvalue weighted by Crippen LogP contribution is 2.33. The van der Waals surface area contributed by atoms with E-state index in [1.54, 1.807) is 12.3 Å². The minimum Gasteiger partial charge on any atom is -0.454 e. The van der Waals surface area contributed by atoms with Crippen molar-refractivity contribution in [3.8, 4) is 11.5 Å². The maximum absolute atomic E-state index is 13.6. The van der Waals surface area contributed by atoms with Crippen LogP contribution in [-0.2, 0) is 6.54 Å². The predicted molar refractivity (Wildman–Crippen MR) is 102 cm³/mol. The summed E-state index contributed by atoms with van der Waals surface area (Å²) in [6.07, 6.45) is 1.67. The number of piperazine rings is 1. The average Bonchev–Trinajstić information content (AvgIpc) is 3.34. The molecule has 0 aliphatic carbocycles. The van der Waals surface area contributed by atoms with Gasteiger partial charge in [-0.2, -0.15) is 0 Å². The molecule has 0 saturated carbocycles. The summed E-state index contributed by atoms with van der Waals surface area (Å²) in [5, 5.41) is 0.632. The smallest absolute Gasteiger partial charge is 0.256 e. The van der Waals surface area contributed by atoms with Gasteiger partial charge in [0.2, 0.25) is 6.79 Å². The van der Waals surface area contributed by atoms with Crippen molar-refractivity contribution < 1.29 is 18.7 Å². The van der Waals surface area contributed by atoms with E-state index in [1.165, 1.54) is 12.1 Å². The molecule has 1 fully saturated rings. The number of benzene rings is 2. The number of nitrogens with zero attached hydrogens (tertiary/aromatic N) is 2. The Morgan fingerprint density at radius 3 is 2.71 bits per heavy atom. The van der Waals surface area contributed by atoms with Gasteiger partial charge in [-0.25, -0.2) is 4.39 Å². The molecular weight excluding hydrogens is 361 g/mol. The lowest BCUT2D eigenvalue weighted by molar-refractivity contribution is 0.0630. The summed E-state index contributed by atoms with van der Waals surface area (Å²) in [6.45, 7) is 3.94. The molecule has 6 nitrogen and oxygen atoms in total. The van der Waals surface area contributed by atoms with Gasteiger partial charge in [0.1, 0.15) is 5.82 Å². The van der Waals surface area contributed by atoms with Gasteiger partial charge < -0.3 is 19.4 Å². The first-order chi connectivity index (χ1) is 13.7. The molecule has 2 aliphatic heterocycles. The second kappa shape index (κ2) is 6.83. The summed E-state index contributed by atoms with van der Waals surface area (Å²) in [7, 11) is 0. The number of hydrogen-bond donors (Lipinski definition) is 1. The van der Waals surface area contributed by atoms with Crippen LogP contribution in [0, 0.1) is 5.82 Å². The van der Waals surface area contributed by atoms with E-state index in [0.29, 0.717) is 24.0 Å². The Morgan fingerprint density at radius 1 is 1.04 bits per heavy atom. The summed E-state index contributed by atoms with van der Waals surface area (Å²) in [6, 6.07) is 10.5. The molecular formula is C21H20FN3O3. The Kier molecular flexibility index (Phi) is 4.16. The second-order valence-electron chi connectivity index (χ2n) is 7.15. The van der Waals surface area contributed by atoms with Crippen molar-refractivity contribution in [2.24, 2.45) is 0 Å². The van der Waals surface area contributed by atoms with Gasteiger partial charge >= 0.3 is 0 Å². The molecule has 3 aromatic rings. The highest BCUT2D eigenvalue weighted by Gasteiger charge is 2.24. The van der Waals surface area contributed by atoms with Crippen LogP contribution < -0.4 is 9.47 Å². The Labute approximate surface area is 161 Å². The number of amides is 1. The molecule has 3 heterocycles. The largest absolute Gasteiger partial charge is 0.454 e. The number of fused-ring (bicyclic) bond motifs is 2. The fourth-order valence-corrected chi connectivity index (χ4v) is 3.85. The van der Waals surface area contributed by atoms with Crippen LogP contribution in [0.2, 0.25) is 0 Å². The zero-order chi connectivity index (χ0) is 19.1. The average molecular weight is 381 g/mol. The van der Waals surface area contributed by atoms with Gasteiger partial charge in [0.15, 0.2) is 11.5 Å². The van der Waals surface area contributed by atoms with E-state index in [2.05, 4.69) is 9.88 Å². The third-order valence-corrected chi connectivity index (χ3v) is 5.38. The first-order valence-corrected chi connectivity index (χ1v) is 9.34. The van der Waals surface area contributed by atoms with Crippen molar-refractivity contribution in [2.75, 3.05) is 33.0 Å². The van der Waals surface area contributed by atoms with Gasteiger partial charge in [-0.1, -0.05) is 6.07 Å². The monoisotopic (exact) mass is 381 g/mol. The van der Waals surface area contributed by atoms with Crippen molar-refractivity contribution in [1.82, 2.24) is 14.8 Å². The van der Waals surface area contributed by atoms with Crippen LogP contribution >= 0.6 is 0 Å². The Bertz CT molecular complexity index is 1040. The van der Waals surface area contributed by atoms with E-state index >= 15 is 0 Å². The maximum atomic E-state index is 13.6. The van der Waals surface area contributed by atoms with Crippen molar-refractivity contribution >= 4 is 16.8 Å². The van der Waals surface area contributed by atoms with E-state index in [-0.39, 0.29) is 18.5 Å². The molecule has 144 valence electrons. The number of aromatic amines is 1. The number of hydrogen-bond acceptors (Lipinski definition) is 4. The van der Waals surface area contributed by atoms with Gasteiger partial charge in [0.25, 0.3) is 5.91 Å². The highest BCUT2D eigenvalue weighted by molar-refractivity contribution is 6.06. The maximum Gasteiger partial charge on any atom is 0.256 e. The van der Waals surface area contributed by atoms with E-state index < -0.39 is 0 Å². The lowest BCUT2D eigenvalue weighted by Gasteiger charge is -2.34. The topological polar surface area (TPSA) is 57.8 Å². The van der Waals surface area contributed by atoms with Crippen molar-refractivity contribution in [3.63, 3.8) is 0 Å². The summed E-state index contributed by atoms with van der Waals surface area (Å²) < 4.78 is 24.4. The lowest BCUT2D eigenvalue weighted by atomic mass is 10.1. The van der Waals surface area contributed by atoms with Crippen LogP contribution in [0.25, 0.3) is 10.9 Å². The molecule has 1 aromatic heterocycles. The van der Waals surface area contributed by atoms with Gasteiger partial charge in [-0.3, -0.25) is 9.69 Å². The van der Waals surface area contributed by atoms with E-state index in [1.807, 2.05) is 23.1 Å². The Hall–Kier alpha value is -3.06. The Morgan fingerprint density at radius 2 is 1.86 bits per heavy atom. The fourth-order valence-electron chi connectivity index (χ4n) is 3.85. The molecule has 0 spiro atoms. The van der Waals surface area contributed by atoms with Crippen LogP contribution in [0.3, 0.4) is 0 Å². The van der Waals surface area contributed by atoms with Crippen molar-refractivity contribution in [1.29, 1.82) is 0 Å². The molecule has 0 bridgehead atoms. The number of nitrogens with one attached hydrogen (secondary N) is 1. The standard InChI is InChI=1S/C21H20FN3O3/c22-15-2-3-18-16(10-15)17(11-23-18)21(26)25-7-5-24(6-8-25)12-14-1-4-19-20(9-14)28-13-27-19/h1-4,9-11,23H,5-8,12-13H2. The quantitative estimate of drug-likeness (QED) is 0.758. The zero-order valence-electron chi connectivity index (χ0n) is 15.3. The van der Waals surface area contributed by atoms with Gasteiger partial charge in [-0.15, -0.1) is 0 Å². The molecule has 1 N–H and O–H groups in total. The van der Waals surface area contributed by atoms with E-state index in [4.69, 9.17) is 9.47 Å². The van der Waals surface area contributed by atoms with Gasteiger partial charge in [0, 0.05) is 49.8 Å². The van der Waals surface area contributed by atoms with Crippen LogP contribution in [0.1, 0.15) is 15.9 Å². The second-order valence-corrected chi connectivity index (χ2v) is 7.15. The summed E-state index contributed by atoms with van der Waals surface area (Å²) in [5.41, 5.74) is 2.46. The van der Waals surface area contributed by atoms with Crippen LogP contribution in [0.15, 0.2) is 42.6 Å². The molecule has 2 aromatic carbocycles. The highest BCUT2D eigenvalue weighted by atomic mass is 19.1. The molecule has 7 heteroatoms. The minimum atomic E-state index is -0.338. The van der Waals surface area contributed by atoms with E-state index in [0.717, 1.165) is 42.2 Å².